The van der Waals surface area contributed by atoms with Crippen LogP contribution >= 0.6 is 11.3 Å². The summed E-state index contributed by atoms with van der Waals surface area (Å²) in [5.74, 6) is 0.0751. The Bertz CT molecular complexity index is 1460. The number of rotatable bonds is 9. The lowest BCUT2D eigenvalue weighted by Gasteiger charge is -2.28. The molecule has 1 saturated carbocycles. The summed E-state index contributed by atoms with van der Waals surface area (Å²) >= 11 is 0.850. The molecule has 0 radical (unpaired) electrons. The topological polar surface area (TPSA) is 135 Å². The van der Waals surface area contributed by atoms with Gasteiger partial charge in [-0.15, -0.1) is 16.4 Å². The maximum Gasteiger partial charge on any atom is 0.434 e. The number of anilines is 2. The zero-order valence-corrected chi connectivity index (χ0v) is 24.3. The molecule has 1 amide bonds. The molecule has 2 heterocycles. The number of amides is 1. The Labute approximate surface area is 240 Å². The molecule has 0 unspecified atom stereocenters. The van der Waals surface area contributed by atoms with Crippen LogP contribution in [0.15, 0.2) is 41.4 Å². The first kappa shape index (κ1) is 30.7. The summed E-state index contributed by atoms with van der Waals surface area (Å²) in [4.78, 5) is 15.4. The van der Waals surface area contributed by atoms with Crippen LogP contribution in [0.2, 0.25) is 0 Å². The first-order chi connectivity index (χ1) is 19.4. The van der Waals surface area contributed by atoms with E-state index in [1.165, 1.54) is 24.4 Å². The third-order valence-electron chi connectivity index (χ3n) is 6.35. The van der Waals surface area contributed by atoms with Gasteiger partial charge < -0.3 is 15.4 Å². The lowest BCUT2D eigenvalue weighted by atomic mass is 9.86. The van der Waals surface area contributed by atoms with Gasteiger partial charge in [-0.1, -0.05) is 13.0 Å². The smallest absolute Gasteiger partial charge is 0.434 e. The third kappa shape index (κ3) is 7.71. The van der Waals surface area contributed by atoms with E-state index >= 15 is 0 Å². The Kier molecular flexibility index (Phi) is 9.49. The molecule has 1 aliphatic rings. The van der Waals surface area contributed by atoms with Crippen molar-refractivity contribution in [3.63, 3.8) is 0 Å². The van der Waals surface area contributed by atoms with Crippen LogP contribution in [0.1, 0.15) is 63.1 Å². The number of thiazole rings is 1. The molecule has 10 nitrogen and oxygen atoms in total. The molecule has 1 aliphatic carbocycles. The second-order valence-electron chi connectivity index (χ2n) is 9.82. The number of sulfonamides is 1. The van der Waals surface area contributed by atoms with Crippen LogP contribution in [-0.4, -0.2) is 48.4 Å². The minimum absolute atomic E-state index is 0.0473. The molecule has 0 saturated heterocycles. The van der Waals surface area contributed by atoms with E-state index in [-0.39, 0.29) is 45.0 Å². The minimum atomic E-state index is -4.81. The lowest BCUT2D eigenvalue weighted by Crippen LogP contribution is -2.38. The van der Waals surface area contributed by atoms with Crippen molar-refractivity contribution in [1.82, 2.24) is 25.2 Å². The highest BCUT2D eigenvalue weighted by atomic mass is 32.2. The van der Waals surface area contributed by atoms with E-state index in [1.54, 1.807) is 32.9 Å². The number of alkyl halides is 3. The van der Waals surface area contributed by atoms with E-state index in [0.717, 1.165) is 11.3 Å². The largest absolute Gasteiger partial charge is 0.447 e. The van der Waals surface area contributed by atoms with Crippen molar-refractivity contribution in [3.8, 4) is 10.4 Å². The lowest BCUT2D eigenvalue weighted by molar-refractivity contribution is -0.140. The van der Waals surface area contributed by atoms with Gasteiger partial charge in [-0.25, -0.2) is 22.9 Å². The average Bonchev–Trinajstić information content (AvgIpc) is 3.35. The van der Waals surface area contributed by atoms with Gasteiger partial charge in [0.05, 0.1) is 20.9 Å². The molecule has 0 bridgehead atoms. The quantitative estimate of drug-likeness (QED) is 0.275. The maximum atomic E-state index is 14.3. The van der Waals surface area contributed by atoms with Crippen molar-refractivity contribution in [2.75, 3.05) is 11.9 Å². The number of hydrogen-bond acceptors (Lipinski definition) is 9. The number of alkyl carbamates (subject to hydrolysis) is 1. The van der Waals surface area contributed by atoms with Gasteiger partial charge in [0, 0.05) is 36.0 Å². The van der Waals surface area contributed by atoms with Gasteiger partial charge in [-0.3, -0.25) is 0 Å². The molecule has 1 fully saturated rings. The molecule has 4 rings (SSSR count). The van der Waals surface area contributed by atoms with Gasteiger partial charge in [0.25, 0.3) is 0 Å². The third-order valence-corrected chi connectivity index (χ3v) is 9.18. The van der Waals surface area contributed by atoms with Crippen LogP contribution in [0.25, 0.3) is 10.4 Å². The van der Waals surface area contributed by atoms with Gasteiger partial charge in [0.1, 0.15) is 0 Å². The van der Waals surface area contributed by atoms with E-state index in [4.69, 9.17) is 4.74 Å². The number of benzene rings is 1. The summed E-state index contributed by atoms with van der Waals surface area (Å²) in [6, 6.07) is 7.21. The molecular formula is C26H31F3N6O4S2. The van der Waals surface area contributed by atoms with Crippen LogP contribution in [-0.2, 0) is 20.9 Å². The normalized spacial score (nSPS) is 17.8. The van der Waals surface area contributed by atoms with Crippen molar-refractivity contribution in [3.05, 3.63) is 47.2 Å². The summed E-state index contributed by atoms with van der Waals surface area (Å²) in [5.41, 5.74) is -0.912. The number of nitrogens with zero attached hydrogens (tertiary/aromatic N) is 3. The van der Waals surface area contributed by atoms with E-state index in [9.17, 15) is 26.4 Å². The fourth-order valence-corrected chi connectivity index (χ4v) is 7.22. The fourth-order valence-electron chi connectivity index (χ4n) is 4.58. The Balaban J connectivity index is 1.67. The summed E-state index contributed by atoms with van der Waals surface area (Å²) in [6.07, 6.45) is -1.99. The highest BCUT2D eigenvalue weighted by molar-refractivity contribution is 7.89. The molecule has 0 atom stereocenters. The Morgan fingerprint density at radius 3 is 2.51 bits per heavy atom. The zero-order valence-electron chi connectivity index (χ0n) is 22.7. The first-order valence-corrected chi connectivity index (χ1v) is 15.4. The van der Waals surface area contributed by atoms with E-state index in [1.807, 2.05) is 0 Å². The second kappa shape index (κ2) is 12.7. The fraction of sp³-hybridized carbons (Fsp3) is 0.462. The van der Waals surface area contributed by atoms with Crippen molar-refractivity contribution < 1.29 is 31.1 Å². The van der Waals surface area contributed by atoms with E-state index in [0.29, 0.717) is 37.2 Å². The standard InChI is InChI=1S/C26H31F3N6O4S2/c1-4-31-41(37,38)20-14-18(32-21-6-5-13-30-35-21)11-12-19(20)22-23(26(27,28)29)34-24(40-22)16-7-9-17(10-8-16)33-25(36)39-15(2)3/h5-6,11-17,31H,4,7-10H2,1-3H3,(H,32,35)(H,33,36). The number of aromatic nitrogens is 3. The van der Waals surface area contributed by atoms with E-state index < -0.39 is 28.0 Å². The molecule has 2 aromatic heterocycles. The molecule has 1 aromatic carbocycles. The molecule has 222 valence electrons. The average molecular weight is 613 g/mol. The Hall–Kier alpha value is -3.30. The number of carbonyl (C=O) groups is 1. The molecule has 3 N–H and O–H groups in total. The molecular weight excluding hydrogens is 581 g/mol. The van der Waals surface area contributed by atoms with Gasteiger partial charge in [0.2, 0.25) is 10.0 Å². The number of carbonyl (C=O) groups excluding carboxylic acids is 1. The molecule has 0 spiro atoms. The van der Waals surface area contributed by atoms with Crippen molar-refractivity contribution in [2.45, 2.75) is 75.6 Å². The SMILES string of the molecule is CCNS(=O)(=O)c1cc(Nc2cccnn2)ccc1-c1sc(C2CCC(NC(=O)OC(C)C)CC2)nc1C(F)(F)F. The predicted molar refractivity (Wildman–Crippen MR) is 148 cm³/mol. The summed E-state index contributed by atoms with van der Waals surface area (Å²) < 4.78 is 76.6. The predicted octanol–water partition coefficient (Wildman–Crippen LogP) is 5.82. The zero-order chi connectivity index (χ0) is 29.8. The van der Waals surface area contributed by atoms with Crippen LogP contribution in [0.4, 0.5) is 29.5 Å². The summed E-state index contributed by atoms with van der Waals surface area (Å²) in [5, 5.41) is 13.7. The summed E-state index contributed by atoms with van der Waals surface area (Å²) in [7, 11) is -4.18. The highest BCUT2D eigenvalue weighted by Gasteiger charge is 2.40. The van der Waals surface area contributed by atoms with Crippen LogP contribution in [0.5, 0.6) is 0 Å². The number of nitrogens with one attached hydrogen (secondary N) is 3. The van der Waals surface area contributed by atoms with E-state index in [2.05, 4.69) is 30.5 Å². The van der Waals surface area contributed by atoms with Crippen LogP contribution < -0.4 is 15.4 Å². The number of ether oxygens (including phenoxy) is 1. The molecule has 3 aromatic rings. The van der Waals surface area contributed by atoms with Gasteiger partial charge in [-0.05, 0) is 63.8 Å². The maximum absolute atomic E-state index is 14.3. The Morgan fingerprint density at radius 1 is 1.17 bits per heavy atom. The van der Waals surface area contributed by atoms with Gasteiger partial charge >= 0.3 is 12.3 Å². The highest BCUT2D eigenvalue weighted by Crippen LogP contribution is 2.46. The second-order valence-corrected chi connectivity index (χ2v) is 12.6. The van der Waals surface area contributed by atoms with Crippen molar-refractivity contribution in [2.24, 2.45) is 0 Å². The Morgan fingerprint density at radius 2 is 1.90 bits per heavy atom. The summed E-state index contributed by atoms with van der Waals surface area (Å²) in [6.45, 7) is 5.11. The van der Waals surface area contributed by atoms with Gasteiger partial charge in [0.15, 0.2) is 11.5 Å². The van der Waals surface area contributed by atoms with Crippen LogP contribution in [0, 0.1) is 0 Å². The molecule has 15 heteroatoms. The number of hydrogen-bond donors (Lipinski definition) is 3. The monoisotopic (exact) mass is 612 g/mol. The molecule has 0 aliphatic heterocycles. The van der Waals surface area contributed by atoms with Crippen molar-refractivity contribution in [1.29, 1.82) is 0 Å². The molecule has 41 heavy (non-hydrogen) atoms. The number of halogens is 3. The van der Waals surface area contributed by atoms with Gasteiger partial charge in [-0.2, -0.15) is 18.3 Å². The minimum Gasteiger partial charge on any atom is -0.447 e. The first-order valence-electron chi connectivity index (χ1n) is 13.1. The van der Waals surface area contributed by atoms with Crippen LogP contribution in [0.3, 0.4) is 0 Å². The van der Waals surface area contributed by atoms with Crippen molar-refractivity contribution >= 4 is 39.0 Å².